The summed E-state index contributed by atoms with van der Waals surface area (Å²) in [6.45, 7) is 2.18. The van der Waals surface area contributed by atoms with Crippen molar-refractivity contribution in [3.8, 4) is 0 Å². The number of methoxy groups -OCH3 is 1. The van der Waals surface area contributed by atoms with E-state index in [4.69, 9.17) is 16.3 Å². The number of ether oxygens (including phenoxy) is 1. The van der Waals surface area contributed by atoms with E-state index in [1.54, 1.807) is 25.4 Å². The Bertz CT molecular complexity index is 896. The van der Waals surface area contributed by atoms with Crippen LogP contribution < -0.4 is 10.6 Å². The number of amides is 2. The van der Waals surface area contributed by atoms with Gasteiger partial charge in [-0.2, -0.15) is 0 Å². The number of carbonyl (C=O) groups is 2. The van der Waals surface area contributed by atoms with E-state index in [1.807, 2.05) is 25.2 Å². The van der Waals surface area contributed by atoms with Gasteiger partial charge in [-0.25, -0.2) is 4.98 Å². The van der Waals surface area contributed by atoms with Gasteiger partial charge in [-0.05, 0) is 42.9 Å². The summed E-state index contributed by atoms with van der Waals surface area (Å²) in [5.41, 5.74) is 1.71. The van der Waals surface area contributed by atoms with Crippen LogP contribution in [0.15, 0.2) is 41.4 Å². The molecule has 0 radical (unpaired) electrons. The maximum absolute atomic E-state index is 12.5. The molecule has 0 spiro atoms. The number of pyridine rings is 1. The van der Waals surface area contributed by atoms with E-state index in [1.165, 1.54) is 11.8 Å². The first-order chi connectivity index (χ1) is 13.9. The fraction of sp³-hybridized carbons (Fsp3) is 0.350. The van der Waals surface area contributed by atoms with E-state index in [9.17, 15) is 9.59 Å². The maximum Gasteiger partial charge on any atom is 0.238 e. The number of carbonyl (C=O) groups excluding carboxylic acids is 2. The molecule has 0 saturated heterocycles. The fourth-order valence-electron chi connectivity index (χ4n) is 2.90. The molecule has 1 aromatic carbocycles. The van der Waals surface area contributed by atoms with Gasteiger partial charge in [0.25, 0.3) is 0 Å². The first-order valence-electron chi connectivity index (χ1n) is 9.14. The lowest BCUT2D eigenvalue weighted by molar-refractivity contribution is -0.120. The van der Waals surface area contributed by atoms with E-state index < -0.39 is 5.25 Å². The van der Waals surface area contributed by atoms with Crippen LogP contribution in [0.4, 0.5) is 11.5 Å². The second-order valence-electron chi connectivity index (χ2n) is 6.77. The Balaban J connectivity index is 1.57. The number of hydrogen-bond acceptors (Lipinski definition) is 6. The molecule has 0 bridgehead atoms. The SMILES string of the molecule is COCCN(C)Cc1ccnc(NC(=O)C[C@@H]2Sc3ccc(Cl)cc3NC2=O)c1. The number of nitrogens with zero attached hydrogens (tertiary/aromatic N) is 2. The number of rotatable bonds is 8. The number of fused-ring (bicyclic) bond motifs is 1. The lowest BCUT2D eigenvalue weighted by atomic mass is 10.2. The number of benzene rings is 1. The monoisotopic (exact) mass is 434 g/mol. The van der Waals surface area contributed by atoms with Gasteiger partial charge in [0.2, 0.25) is 11.8 Å². The molecule has 0 fully saturated rings. The first-order valence-corrected chi connectivity index (χ1v) is 10.4. The molecule has 0 saturated carbocycles. The van der Waals surface area contributed by atoms with Crippen molar-refractivity contribution in [2.45, 2.75) is 23.1 Å². The maximum atomic E-state index is 12.5. The van der Waals surface area contributed by atoms with Crippen molar-refractivity contribution in [2.24, 2.45) is 0 Å². The summed E-state index contributed by atoms with van der Waals surface area (Å²) in [6.07, 6.45) is 1.72. The van der Waals surface area contributed by atoms with Crippen molar-refractivity contribution < 1.29 is 14.3 Å². The lowest BCUT2D eigenvalue weighted by Crippen LogP contribution is -2.32. The van der Waals surface area contributed by atoms with Gasteiger partial charge in [-0.15, -0.1) is 11.8 Å². The molecule has 2 N–H and O–H groups in total. The van der Waals surface area contributed by atoms with Crippen molar-refractivity contribution in [3.05, 3.63) is 47.1 Å². The zero-order valence-corrected chi connectivity index (χ0v) is 17.8. The van der Waals surface area contributed by atoms with Crippen LogP contribution in [0, 0.1) is 0 Å². The molecule has 2 heterocycles. The van der Waals surface area contributed by atoms with Crippen molar-refractivity contribution in [3.63, 3.8) is 0 Å². The number of aromatic nitrogens is 1. The zero-order valence-electron chi connectivity index (χ0n) is 16.3. The van der Waals surface area contributed by atoms with E-state index in [0.29, 0.717) is 23.1 Å². The zero-order chi connectivity index (χ0) is 20.8. The summed E-state index contributed by atoms with van der Waals surface area (Å²) >= 11 is 7.33. The number of halogens is 1. The van der Waals surface area contributed by atoms with Gasteiger partial charge in [0.05, 0.1) is 17.5 Å². The highest BCUT2D eigenvalue weighted by atomic mass is 35.5. The molecule has 1 aliphatic rings. The quantitative estimate of drug-likeness (QED) is 0.663. The van der Waals surface area contributed by atoms with Gasteiger partial charge in [-0.3, -0.25) is 14.5 Å². The Hall–Kier alpha value is -2.13. The van der Waals surface area contributed by atoms with Crippen LogP contribution >= 0.6 is 23.4 Å². The van der Waals surface area contributed by atoms with E-state index in [0.717, 1.165) is 23.5 Å². The Labute approximate surface area is 179 Å². The minimum Gasteiger partial charge on any atom is -0.383 e. The second kappa shape index (κ2) is 10.1. The third-order valence-electron chi connectivity index (χ3n) is 4.35. The molecule has 2 aromatic rings. The molecular formula is C20H23ClN4O3S. The highest BCUT2D eigenvalue weighted by molar-refractivity contribution is 8.01. The summed E-state index contributed by atoms with van der Waals surface area (Å²) in [5, 5.41) is 5.65. The summed E-state index contributed by atoms with van der Waals surface area (Å²) in [5.74, 6) is 0.00915. The van der Waals surface area contributed by atoms with E-state index in [-0.39, 0.29) is 18.2 Å². The smallest absolute Gasteiger partial charge is 0.238 e. The molecule has 9 heteroatoms. The number of thioether (sulfide) groups is 1. The molecule has 1 atom stereocenters. The minimum atomic E-state index is -0.507. The van der Waals surface area contributed by atoms with E-state index >= 15 is 0 Å². The summed E-state index contributed by atoms with van der Waals surface area (Å²) < 4.78 is 5.08. The van der Waals surface area contributed by atoms with Crippen LogP contribution in [-0.2, 0) is 20.9 Å². The largest absolute Gasteiger partial charge is 0.383 e. The summed E-state index contributed by atoms with van der Waals surface area (Å²) in [6, 6.07) is 9.06. The lowest BCUT2D eigenvalue weighted by Gasteiger charge is -2.23. The predicted molar refractivity (Wildman–Crippen MR) is 115 cm³/mol. The van der Waals surface area contributed by atoms with Crippen LogP contribution in [0.2, 0.25) is 5.02 Å². The second-order valence-corrected chi connectivity index (χ2v) is 8.45. The van der Waals surface area contributed by atoms with Crippen molar-refractivity contribution in [2.75, 3.05) is 37.9 Å². The molecule has 7 nitrogen and oxygen atoms in total. The average Bonchev–Trinajstić information content (AvgIpc) is 2.67. The standard InChI is InChI=1S/C20H23ClN4O3S/c1-25(7-8-28-2)12-13-5-6-22-18(9-13)24-19(26)11-17-20(27)23-15-10-14(21)3-4-16(15)29-17/h3-6,9-10,17H,7-8,11-12H2,1-2H3,(H,23,27)(H,22,24,26)/t17-/m0/s1. The van der Waals surface area contributed by atoms with Crippen LogP contribution in [0.3, 0.4) is 0 Å². The normalized spacial score (nSPS) is 15.7. The molecular weight excluding hydrogens is 412 g/mol. The highest BCUT2D eigenvalue weighted by Crippen LogP contribution is 2.38. The van der Waals surface area contributed by atoms with Crippen LogP contribution in [-0.4, -0.2) is 54.3 Å². The summed E-state index contributed by atoms with van der Waals surface area (Å²) in [4.78, 5) is 32.0. The number of likely N-dealkylation sites (N-methyl/N-ethyl adjacent to an activating group) is 1. The molecule has 154 valence electrons. The Morgan fingerprint density at radius 2 is 2.21 bits per heavy atom. The molecule has 2 amide bonds. The van der Waals surface area contributed by atoms with Gasteiger partial charge in [-0.1, -0.05) is 11.6 Å². The first kappa shape index (κ1) is 21.6. The minimum absolute atomic E-state index is 0.0538. The van der Waals surface area contributed by atoms with Gasteiger partial charge >= 0.3 is 0 Å². The molecule has 29 heavy (non-hydrogen) atoms. The predicted octanol–water partition coefficient (Wildman–Crippen LogP) is 3.25. The van der Waals surface area contributed by atoms with Gasteiger partial charge in [0.15, 0.2) is 0 Å². The van der Waals surface area contributed by atoms with Crippen molar-refractivity contribution in [1.82, 2.24) is 9.88 Å². The highest BCUT2D eigenvalue weighted by Gasteiger charge is 2.29. The van der Waals surface area contributed by atoms with Crippen molar-refractivity contribution >= 4 is 46.7 Å². The molecule has 1 aliphatic heterocycles. The number of nitrogens with one attached hydrogen (secondary N) is 2. The van der Waals surface area contributed by atoms with Gasteiger partial charge < -0.3 is 15.4 Å². The fourth-order valence-corrected chi connectivity index (χ4v) is 4.16. The Morgan fingerprint density at radius 1 is 1.38 bits per heavy atom. The third kappa shape index (κ3) is 6.17. The van der Waals surface area contributed by atoms with E-state index in [2.05, 4.69) is 20.5 Å². The molecule has 0 aliphatic carbocycles. The molecule has 3 rings (SSSR count). The van der Waals surface area contributed by atoms with Gasteiger partial charge in [0.1, 0.15) is 5.82 Å². The number of hydrogen-bond donors (Lipinski definition) is 2. The summed E-state index contributed by atoms with van der Waals surface area (Å²) in [7, 11) is 3.67. The number of anilines is 2. The Morgan fingerprint density at radius 3 is 3.00 bits per heavy atom. The van der Waals surface area contributed by atoms with Crippen LogP contribution in [0.1, 0.15) is 12.0 Å². The molecule has 0 unspecified atom stereocenters. The van der Waals surface area contributed by atoms with Gasteiger partial charge in [0, 0.05) is 42.7 Å². The Kier molecular flexibility index (Phi) is 7.49. The topological polar surface area (TPSA) is 83.6 Å². The van der Waals surface area contributed by atoms with Crippen LogP contribution in [0.25, 0.3) is 0 Å². The van der Waals surface area contributed by atoms with Crippen LogP contribution in [0.5, 0.6) is 0 Å². The molecule has 1 aromatic heterocycles. The third-order valence-corrected chi connectivity index (χ3v) is 5.86. The van der Waals surface area contributed by atoms with Crippen molar-refractivity contribution in [1.29, 1.82) is 0 Å². The average molecular weight is 435 g/mol.